The molecule has 1 amide bonds. The van der Waals surface area contributed by atoms with Crippen molar-refractivity contribution >= 4 is 21.8 Å². The molecule has 5 heteroatoms. The van der Waals surface area contributed by atoms with E-state index in [4.69, 9.17) is 0 Å². The molecule has 124 valence electrons. The Morgan fingerprint density at radius 2 is 1.91 bits per heavy atom. The molecule has 0 aliphatic rings. The minimum Gasteiger partial charge on any atom is -0.396 e. The van der Waals surface area contributed by atoms with E-state index in [0.717, 1.165) is 22.9 Å². The number of hydrazine groups is 1. The lowest BCUT2D eigenvalue weighted by atomic mass is 9.72. The minimum atomic E-state index is -0.625. The average molecular weight is 371 g/mol. The first-order valence-corrected chi connectivity index (χ1v) is 8.38. The Bertz CT molecular complexity index is 505. The first-order valence-electron chi connectivity index (χ1n) is 7.59. The fraction of sp³-hybridized carbons (Fsp3) is 0.588. The highest BCUT2D eigenvalue weighted by Crippen LogP contribution is 2.36. The first kappa shape index (κ1) is 19.1. The molecule has 0 saturated heterocycles. The van der Waals surface area contributed by atoms with Crippen molar-refractivity contribution in [3.63, 3.8) is 0 Å². The van der Waals surface area contributed by atoms with Crippen LogP contribution in [0.15, 0.2) is 28.7 Å². The number of carbonyl (C=O) groups is 1. The summed E-state index contributed by atoms with van der Waals surface area (Å²) in [6, 6.07) is 7.88. The fourth-order valence-electron chi connectivity index (χ4n) is 2.49. The van der Waals surface area contributed by atoms with E-state index in [-0.39, 0.29) is 17.9 Å². The van der Waals surface area contributed by atoms with Crippen molar-refractivity contribution in [2.45, 2.75) is 45.4 Å². The van der Waals surface area contributed by atoms with E-state index >= 15 is 0 Å². The van der Waals surface area contributed by atoms with Gasteiger partial charge in [0.25, 0.3) is 0 Å². The highest BCUT2D eigenvalue weighted by atomic mass is 79.9. The summed E-state index contributed by atoms with van der Waals surface area (Å²) in [7, 11) is 1.69. The van der Waals surface area contributed by atoms with Crippen LogP contribution in [-0.2, 0) is 10.2 Å². The topological polar surface area (TPSA) is 61.4 Å². The second-order valence-corrected chi connectivity index (χ2v) is 7.60. The second kappa shape index (κ2) is 8.09. The highest BCUT2D eigenvalue weighted by molar-refractivity contribution is 9.10. The van der Waals surface area contributed by atoms with E-state index < -0.39 is 5.41 Å². The third-order valence-electron chi connectivity index (χ3n) is 4.29. The summed E-state index contributed by atoms with van der Waals surface area (Å²) in [5.41, 5.74) is 5.80. The Morgan fingerprint density at radius 3 is 2.45 bits per heavy atom. The Balaban J connectivity index is 3.05. The summed E-state index contributed by atoms with van der Waals surface area (Å²) < 4.78 is 0.961. The normalized spacial score (nSPS) is 14.5. The van der Waals surface area contributed by atoms with Crippen molar-refractivity contribution in [1.82, 2.24) is 10.9 Å². The maximum Gasteiger partial charge on any atom is 0.244 e. The van der Waals surface area contributed by atoms with Crippen LogP contribution in [0.4, 0.5) is 0 Å². The van der Waals surface area contributed by atoms with Crippen LogP contribution in [0.1, 0.15) is 45.6 Å². The Hall–Kier alpha value is -0.910. The number of benzene rings is 1. The molecule has 0 aromatic heterocycles. The largest absolute Gasteiger partial charge is 0.396 e. The molecule has 0 spiro atoms. The van der Waals surface area contributed by atoms with Gasteiger partial charge in [0.15, 0.2) is 0 Å². The molecule has 1 aromatic rings. The van der Waals surface area contributed by atoms with Crippen LogP contribution >= 0.6 is 15.9 Å². The van der Waals surface area contributed by atoms with Crippen molar-refractivity contribution in [2.75, 3.05) is 13.7 Å². The first-order chi connectivity index (χ1) is 10.2. The monoisotopic (exact) mass is 370 g/mol. The molecular formula is C17H27BrN2O2. The van der Waals surface area contributed by atoms with Crippen molar-refractivity contribution in [3.8, 4) is 0 Å². The van der Waals surface area contributed by atoms with Gasteiger partial charge in [-0.1, -0.05) is 41.9 Å². The van der Waals surface area contributed by atoms with Crippen LogP contribution in [0.25, 0.3) is 0 Å². The second-order valence-electron chi connectivity index (χ2n) is 6.68. The maximum atomic E-state index is 12.6. The Morgan fingerprint density at radius 1 is 1.23 bits per heavy atom. The molecule has 1 rings (SSSR count). The molecule has 22 heavy (non-hydrogen) atoms. The van der Waals surface area contributed by atoms with E-state index in [2.05, 4.69) is 40.6 Å². The van der Waals surface area contributed by atoms with Gasteiger partial charge in [-0.25, -0.2) is 5.43 Å². The molecule has 3 N–H and O–H groups in total. The molecule has 0 fully saturated rings. The number of hydrogen-bond donors (Lipinski definition) is 3. The minimum absolute atomic E-state index is 0.00193. The summed E-state index contributed by atoms with van der Waals surface area (Å²) in [4.78, 5) is 12.6. The summed E-state index contributed by atoms with van der Waals surface area (Å²) in [5, 5.41) is 9.18. The molecule has 1 atom stereocenters. The lowest BCUT2D eigenvalue weighted by Gasteiger charge is -2.33. The molecule has 0 bridgehead atoms. The Labute approximate surface area is 141 Å². The van der Waals surface area contributed by atoms with Crippen molar-refractivity contribution in [2.24, 2.45) is 5.41 Å². The van der Waals surface area contributed by atoms with E-state index in [1.54, 1.807) is 7.05 Å². The predicted octanol–water partition coefficient (Wildman–Crippen LogP) is 3.15. The van der Waals surface area contributed by atoms with Gasteiger partial charge < -0.3 is 5.11 Å². The van der Waals surface area contributed by atoms with Gasteiger partial charge in [0.1, 0.15) is 0 Å². The zero-order chi connectivity index (χ0) is 16.8. The zero-order valence-corrected chi connectivity index (χ0v) is 15.5. The number of amides is 1. The van der Waals surface area contributed by atoms with E-state index in [1.807, 2.05) is 31.2 Å². The molecule has 0 radical (unpaired) electrons. The standard InChI is InChI=1S/C17H27BrN2O2/c1-16(2,10-11-21)8-9-17(3,15(22)20-19-4)13-6-5-7-14(18)12-13/h5-7,12,19,21H,8-11H2,1-4H3,(H,20,22). The predicted molar refractivity (Wildman–Crippen MR) is 93.4 cm³/mol. The van der Waals surface area contributed by atoms with Crippen LogP contribution < -0.4 is 10.9 Å². The van der Waals surface area contributed by atoms with Crippen LogP contribution in [0, 0.1) is 5.41 Å². The molecular weight excluding hydrogens is 344 g/mol. The summed E-state index contributed by atoms with van der Waals surface area (Å²) in [6.07, 6.45) is 2.30. The molecule has 0 aliphatic carbocycles. The van der Waals surface area contributed by atoms with Crippen LogP contribution in [0.2, 0.25) is 0 Å². The summed E-state index contributed by atoms with van der Waals surface area (Å²) in [6.45, 7) is 6.39. The van der Waals surface area contributed by atoms with Gasteiger partial charge in [0, 0.05) is 18.1 Å². The molecule has 0 saturated carbocycles. The number of aliphatic hydroxyl groups is 1. The number of carbonyl (C=O) groups excluding carboxylic acids is 1. The third kappa shape index (κ3) is 5.07. The number of rotatable bonds is 8. The number of aliphatic hydroxyl groups excluding tert-OH is 1. The average Bonchev–Trinajstić information content (AvgIpc) is 2.45. The highest BCUT2D eigenvalue weighted by Gasteiger charge is 2.36. The van der Waals surface area contributed by atoms with Gasteiger partial charge in [0.05, 0.1) is 5.41 Å². The molecule has 0 aliphatic heterocycles. The zero-order valence-electron chi connectivity index (χ0n) is 13.9. The van der Waals surface area contributed by atoms with Crippen molar-refractivity contribution in [3.05, 3.63) is 34.3 Å². The van der Waals surface area contributed by atoms with Gasteiger partial charge in [-0.3, -0.25) is 10.2 Å². The maximum absolute atomic E-state index is 12.6. The SMILES string of the molecule is CNNC(=O)C(C)(CCC(C)(C)CCO)c1cccc(Br)c1. The molecule has 4 nitrogen and oxygen atoms in total. The van der Waals surface area contributed by atoms with Gasteiger partial charge in [0.2, 0.25) is 5.91 Å². The summed E-state index contributed by atoms with van der Waals surface area (Å²) in [5.74, 6) is -0.0482. The van der Waals surface area contributed by atoms with Gasteiger partial charge >= 0.3 is 0 Å². The lowest BCUT2D eigenvalue weighted by molar-refractivity contribution is -0.127. The number of hydrogen-bond acceptors (Lipinski definition) is 3. The van der Waals surface area contributed by atoms with Crippen molar-refractivity contribution in [1.29, 1.82) is 0 Å². The smallest absolute Gasteiger partial charge is 0.244 e. The van der Waals surface area contributed by atoms with Gasteiger partial charge in [-0.15, -0.1) is 0 Å². The van der Waals surface area contributed by atoms with Crippen molar-refractivity contribution < 1.29 is 9.90 Å². The molecule has 1 unspecified atom stereocenters. The number of nitrogens with one attached hydrogen (secondary N) is 2. The van der Waals surface area contributed by atoms with Gasteiger partial charge in [-0.05, 0) is 49.3 Å². The van der Waals surface area contributed by atoms with Crippen LogP contribution in [-0.4, -0.2) is 24.7 Å². The van der Waals surface area contributed by atoms with Crippen LogP contribution in [0.5, 0.6) is 0 Å². The number of halogens is 1. The summed E-state index contributed by atoms with van der Waals surface area (Å²) >= 11 is 3.48. The van der Waals surface area contributed by atoms with E-state index in [0.29, 0.717) is 6.42 Å². The third-order valence-corrected chi connectivity index (χ3v) is 4.79. The van der Waals surface area contributed by atoms with E-state index in [1.165, 1.54) is 0 Å². The Kier molecular flexibility index (Phi) is 7.03. The molecule has 0 heterocycles. The van der Waals surface area contributed by atoms with E-state index in [9.17, 15) is 9.90 Å². The van der Waals surface area contributed by atoms with Crippen LogP contribution in [0.3, 0.4) is 0 Å². The fourth-order valence-corrected chi connectivity index (χ4v) is 2.89. The lowest BCUT2D eigenvalue weighted by Crippen LogP contribution is -2.47. The van der Waals surface area contributed by atoms with Gasteiger partial charge in [-0.2, -0.15) is 0 Å². The quantitative estimate of drug-likeness (QED) is 0.616. The molecule has 1 aromatic carbocycles.